The fourth-order valence-electron chi connectivity index (χ4n) is 6.37. The lowest BCUT2D eigenvalue weighted by Crippen LogP contribution is -2.50. The van der Waals surface area contributed by atoms with Gasteiger partial charge in [-0.2, -0.15) is 0 Å². The molecule has 0 bridgehead atoms. The smallest absolute Gasteiger partial charge is 0.225 e. The van der Waals surface area contributed by atoms with Crippen LogP contribution in [0.15, 0.2) is 60.8 Å². The molecular formula is C33H36Cl2N4O2. The molecule has 2 atom stereocenters. The topological polar surface area (TPSA) is 50.1 Å². The molecule has 1 aliphatic heterocycles. The number of pyridine rings is 1. The first kappa shape index (κ1) is 28.2. The lowest BCUT2D eigenvalue weighted by molar-refractivity contribution is -0.140. The van der Waals surface area contributed by atoms with E-state index in [1.807, 2.05) is 36.4 Å². The molecule has 1 amide bonds. The highest BCUT2D eigenvalue weighted by Gasteiger charge is 2.32. The summed E-state index contributed by atoms with van der Waals surface area (Å²) in [6.45, 7) is 5.97. The number of aromatic nitrogens is 2. The van der Waals surface area contributed by atoms with Crippen LogP contribution in [0, 0.1) is 12.8 Å². The lowest BCUT2D eigenvalue weighted by Gasteiger charge is -2.38. The molecule has 214 valence electrons. The highest BCUT2D eigenvalue weighted by molar-refractivity contribution is 6.31. The minimum atomic E-state index is 0.0882. The van der Waals surface area contributed by atoms with Crippen molar-refractivity contribution in [2.45, 2.75) is 45.3 Å². The maximum Gasteiger partial charge on any atom is 0.225 e. The molecule has 1 saturated carbocycles. The molecule has 0 radical (unpaired) electrons. The molecule has 2 fully saturated rings. The second-order valence-corrected chi connectivity index (χ2v) is 12.2. The van der Waals surface area contributed by atoms with Gasteiger partial charge in [-0.15, -0.1) is 0 Å². The fraction of sp³-hybridized carbons (Fsp3) is 0.394. The van der Waals surface area contributed by atoms with Crippen molar-refractivity contribution in [1.29, 1.82) is 0 Å². The third-order valence-electron chi connectivity index (χ3n) is 8.70. The Kier molecular flexibility index (Phi) is 8.36. The first-order valence-electron chi connectivity index (χ1n) is 14.5. The van der Waals surface area contributed by atoms with Crippen molar-refractivity contribution >= 4 is 34.8 Å². The predicted molar refractivity (Wildman–Crippen MR) is 165 cm³/mol. The second kappa shape index (κ2) is 12.1. The molecule has 6 rings (SSSR count). The number of nitrogens with zero attached hydrogens (tertiary/aromatic N) is 4. The monoisotopic (exact) mass is 590 g/mol. The van der Waals surface area contributed by atoms with Gasteiger partial charge in [-0.1, -0.05) is 47.8 Å². The van der Waals surface area contributed by atoms with Crippen LogP contribution in [0.5, 0.6) is 0 Å². The molecule has 2 aromatic heterocycles. The molecule has 3 heterocycles. The van der Waals surface area contributed by atoms with Crippen molar-refractivity contribution in [3.63, 3.8) is 0 Å². The van der Waals surface area contributed by atoms with Crippen LogP contribution in [-0.4, -0.2) is 64.5 Å². The van der Waals surface area contributed by atoms with Gasteiger partial charge >= 0.3 is 0 Å². The van der Waals surface area contributed by atoms with E-state index in [-0.39, 0.29) is 12.0 Å². The van der Waals surface area contributed by atoms with Gasteiger partial charge in [0.05, 0.1) is 17.5 Å². The molecule has 2 aromatic carbocycles. The summed E-state index contributed by atoms with van der Waals surface area (Å²) < 4.78 is 7.79. The summed E-state index contributed by atoms with van der Waals surface area (Å²) in [6, 6.07) is 18.1. The molecule has 0 spiro atoms. The number of halogens is 2. The van der Waals surface area contributed by atoms with Crippen molar-refractivity contribution in [2.75, 3.05) is 33.3 Å². The fourth-order valence-corrected chi connectivity index (χ4v) is 6.73. The first-order valence-corrected chi connectivity index (χ1v) is 15.2. The predicted octanol–water partition coefficient (Wildman–Crippen LogP) is 7.13. The van der Waals surface area contributed by atoms with Crippen molar-refractivity contribution < 1.29 is 9.53 Å². The number of aryl methyl sites for hydroxylation is 1. The molecular weight excluding hydrogens is 555 g/mol. The molecule has 41 heavy (non-hydrogen) atoms. The van der Waals surface area contributed by atoms with Gasteiger partial charge in [0.15, 0.2) is 0 Å². The number of hydrogen-bond donors (Lipinski definition) is 0. The summed E-state index contributed by atoms with van der Waals surface area (Å²) in [5.41, 5.74) is 7.42. The zero-order chi connectivity index (χ0) is 28.5. The highest BCUT2D eigenvalue weighted by Crippen LogP contribution is 2.32. The number of hydrogen-bond acceptors (Lipinski definition) is 4. The highest BCUT2D eigenvalue weighted by atomic mass is 35.5. The zero-order valence-corrected chi connectivity index (χ0v) is 25.2. The quantitative estimate of drug-likeness (QED) is 0.239. The third kappa shape index (κ3) is 6.02. The van der Waals surface area contributed by atoms with Crippen LogP contribution in [0.25, 0.3) is 28.0 Å². The average molecular weight is 592 g/mol. The van der Waals surface area contributed by atoms with Gasteiger partial charge in [0, 0.05) is 67.6 Å². The Morgan fingerprint density at radius 1 is 0.951 bits per heavy atom. The number of carbonyl (C=O) groups is 1. The van der Waals surface area contributed by atoms with Gasteiger partial charge in [-0.3, -0.25) is 9.69 Å². The van der Waals surface area contributed by atoms with Gasteiger partial charge < -0.3 is 14.0 Å². The summed E-state index contributed by atoms with van der Waals surface area (Å²) in [6.07, 6.45) is 6.33. The van der Waals surface area contributed by atoms with E-state index in [0.29, 0.717) is 10.9 Å². The summed E-state index contributed by atoms with van der Waals surface area (Å²) in [5.74, 6) is 0.385. The summed E-state index contributed by atoms with van der Waals surface area (Å²) in [7, 11) is 1.76. The van der Waals surface area contributed by atoms with Crippen LogP contribution < -0.4 is 0 Å². The van der Waals surface area contributed by atoms with E-state index in [2.05, 4.69) is 45.5 Å². The Hall–Kier alpha value is -2.90. The zero-order valence-electron chi connectivity index (χ0n) is 23.7. The Labute approximate surface area is 251 Å². The maximum absolute atomic E-state index is 13.3. The third-order valence-corrected chi connectivity index (χ3v) is 9.19. The van der Waals surface area contributed by atoms with Crippen molar-refractivity contribution in [3.8, 4) is 22.4 Å². The van der Waals surface area contributed by atoms with Crippen LogP contribution in [0.1, 0.15) is 36.9 Å². The maximum atomic E-state index is 13.3. The Morgan fingerprint density at radius 3 is 2.41 bits per heavy atom. The number of ether oxygens (including phenoxy) is 1. The van der Waals surface area contributed by atoms with Crippen molar-refractivity contribution in [1.82, 2.24) is 19.2 Å². The van der Waals surface area contributed by atoms with Gasteiger partial charge in [-0.25, -0.2) is 4.98 Å². The van der Waals surface area contributed by atoms with Crippen molar-refractivity contribution in [3.05, 3.63) is 82.1 Å². The van der Waals surface area contributed by atoms with Crippen LogP contribution in [0.4, 0.5) is 0 Å². The second-order valence-electron chi connectivity index (χ2n) is 11.3. The Balaban J connectivity index is 1.27. The molecule has 2 aliphatic rings. The van der Waals surface area contributed by atoms with E-state index in [4.69, 9.17) is 32.9 Å². The Bertz CT molecular complexity index is 1540. The minimum Gasteiger partial charge on any atom is -0.381 e. The normalized spacial score (nSPS) is 20.0. The number of amides is 1. The minimum absolute atomic E-state index is 0.0882. The molecule has 8 heteroatoms. The van der Waals surface area contributed by atoms with Gasteiger partial charge in [-0.05, 0) is 79.3 Å². The van der Waals surface area contributed by atoms with E-state index in [1.165, 1.54) is 0 Å². The molecule has 1 saturated heterocycles. The van der Waals surface area contributed by atoms with Crippen LogP contribution in [0.3, 0.4) is 0 Å². The SMILES string of the molecule is CO[C@@H]1CCC[C@H](C(=O)N2CCN(Cc3c(-c4ccc(Cl)cc4)nc4ccc(-c5ccc(Cl)cc5C)cn34)CC2)C1. The van der Waals surface area contributed by atoms with Crippen molar-refractivity contribution in [2.24, 2.45) is 5.92 Å². The molecule has 1 aliphatic carbocycles. The van der Waals surface area contributed by atoms with Gasteiger partial charge in [0.2, 0.25) is 5.91 Å². The average Bonchev–Trinajstić information content (AvgIpc) is 3.35. The molecule has 0 N–H and O–H groups in total. The summed E-state index contributed by atoms with van der Waals surface area (Å²) in [4.78, 5) is 22.9. The number of imidazole rings is 1. The van der Waals surface area contributed by atoms with E-state index in [9.17, 15) is 4.79 Å². The first-order chi connectivity index (χ1) is 19.9. The van der Waals surface area contributed by atoms with E-state index in [1.54, 1.807) is 7.11 Å². The molecule has 4 aromatic rings. The van der Waals surface area contributed by atoms with E-state index in [0.717, 1.165) is 103 Å². The van der Waals surface area contributed by atoms with Crippen LogP contribution in [-0.2, 0) is 16.1 Å². The molecule has 0 unspecified atom stereocenters. The largest absolute Gasteiger partial charge is 0.381 e. The number of benzene rings is 2. The number of fused-ring (bicyclic) bond motifs is 1. The number of rotatable bonds is 6. The number of methoxy groups -OCH3 is 1. The Morgan fingerprint density at radius 2 is 1.68 bits per heavy atom. The van der Waals surface area contributed by atoms with Gasteiger partial charge in [0.25, 0.3) is 0 Å². The van der Waals surface area contributed by atoms with Crippen LogP contribution in [0.2, 0.25) is 10.0 Å². The standard InChI is InChI=1S/C33H36Cl2N4O2/c1-22-18-27(35)11-12-29(22)25-8-13-31-36-32(23-6-9-26(34)10-7-23)30(39(31)20-25)21-37-14-16-38(17-15-37)33(40)24-4-3-5-28(19-24)41-2/h6-13,18,20,24,28H,3-5,14-17,19,21H2,1-2H3/t24-,28+/m0/s1. The lowest BCUT2D eigenvalue weighted by atomic mass is 9.86. The summed E-state index contributed by atoms with van der Waals surface area (Å²) in [5, 5.41) is 1.44. The van der Waals surface area contributed by atoms with Gasteiger partial charge in [0.1, 0.15) is 5.65 Å². The summed E-state index contributed by atoms with van der Waals surface area (Å²) >= 11 is 12.5. The molecule has 6 nitrogen and oxygen atoms in total. The number of carbonyl (C=O) groups excluding carboxylic acids is 1. The van der Waals surface area contributed by atoms with E-state index >= 15 is 0 Å². The van der Waals surface area contributed by atoms with E-state index < -0.39 is 0 Å². The number of piperazine rings is 1. The van der Waals surface area contributed by atoms with Crippen LogP contribution >= 0.6 is 23.2 Å².